The van der Waals surface area contributed by atoms with E-state index in [-0.39, 0.29) is 11.2 Å². The van der Waals surface area contributed by atoms with Crippen LogP contribution in [0.2, 0.25) is 0 Å². The molecule has 0 saturated heterocycles. The van der Waals surface area contributed by atoms with E-state index in [1.54, 1.807) is 18.2 Å². The topological polar surface area (TPSA) is 35.8 Å². The van der Waals surface area contributed by atoms with E-state index < -0.39 is 5.54 Å². The maximum Gasteiger partial charge on any atom is 0.146 e. The van der Waals surface area contributed by atoms with Gasteiger partial charge in [0, 0.05) is 0 Å². The fraction of sp³-hybridized carbons (Fsp3) is 0.533. The summed E-state index contributed by atoms with van der Waals surface area (Å²) in [6, 6.07) is 8.90. The van der Waals surface area contributed by atoms with Gasteiger partial charge in [0.1, 0.15) is 11.4 Å². The second kappa shape index (κ2) is 4.61. The van der Waals surface area contributed by atoms with Gasteiger partial charge < -0.3 is 5.32 Å². The van der Waals surface area contributed by atoms with Gasteiger partial charge in [0.05, 0.1) is 11.8 Å². The lowest BCUT2D eigenvalue weighted by Gasteiger charge is -2.40. The fourth-order valence-electron chi connectivity index (χ4n) is 2.44. The number of nitrogens with zero attached hydrogens (tertiary/aromatic N) is 1. The molecule has 1 fully saturated rings. The van der Waals surface area contributed by atoms with Crippen LogP contribution in [0.3, 0.4) is 0 Å². The van der Waals surface area contributed by atoms with Crippen molar-refractivity contribution >= 4 is 5.69 Å². The summed E-state index contributed by atoms with van der Waals surface area (Å²) in [6.45, 7) is 4.44. The summed E-state index contributed by atoms with van der Waals surface area (Å²) in [4.78, 5) is 0. The van der Waals surface area contributed by atoms with Gasteiger partial charge in [-0.25, -0.2) is 4.39 Å². The first kappa shape index (κ1) is 12.9. The van der Waals surface area contributed by atoms with Gasteiger partial charge in [-0.3, -0.25) is 0 Å². The molecule has 1 aromatic carbocycles. The van der Waals surface area contributed by atoms with Crippen molar-refractivity contribution < 1.29 is 4.39 Å². The molecule has 96 valence electrons. The molecule has 18 heavy (non-hydrogen) atoms. The number of anilines is 1. The summed E-state index contributed by atoms with van der Waals surface area (Å²) < 4.78 is 13.6. The van der Waals surface area contributed by atoms with Gasteiger partial charge in [-0.1, -0.05) is 26.0 Å². The van der Waals surface area contributed by atoms with Crippen LogP contribution in [-0.2, 0) is 0 Å². The van der Waals surface area contributed by atoms with E-state index >= 15 is 0 Å². The van der Waals surface area contributed by atoms with Crippen molar-refractivity contribution in [3.63, 3.8) is 0 Å². The molecule has 0 atom stereocenters. The maximum absolute atomic E-state index is 13.6. The standard InChI is InChI=1S/C15H19FN2/c1-14(2)7-9-15(11-17,10-8-14)18-13-6-4-3-5-12(13)16/h3-6,18H,7-10H2,1-2H3. The van der Waals surface area contributed by atoms with E-state index in [0.717, 1.165) is 25.7 Å². The van der Waals surface area contributed by atoms with Gasteiger partial charge in [0.15, 0.2) is 0 Å². The molecule has 0 heterocycles. The molecule has 0 aliphatic heterocycles. The quantitative estimate of drug-likeness (QED) is 0.852. The Morgan fingerprint density at radius 3 is 2.33 bits per heavy atom. The largest absolute Gasteiger partial charge is 0.365 e. The van der Waals surface area contributed by atoms with Crippen LogP contribution in [0.5, 0.6) is 0 Å². The molecule has 1 aliphatic rings. The first-order chi connectivity index (χ1) is 8.46. The molecule has 1 aromatic rings. The molecule has 2 rings (SSSR count). The molecule has 0 aromatic heterocycles. The SMILES string of the molecule is CC1(C)CCC(C#N)(Nc2ccccc2F)CC1. The van der Waals surface area contributed by atoms with Crippen molar-refractivity contribution in [2.75, 3.05) is 5.32 Å². The first-order valence-electron chi connectivity index (χ1n) is 6.40. The Morgan fingerprint density at radius 1 is 1.17 bits per heavy atom. The monoisotopic (exact) mass is 246 g/mol. The molecule has 3 heteroatoms. The number of nitrogens with one attached hydrogen (secondary N) is 1. The molecule has 1 saturated carbocycles. The van der Waals surface area contributed by atoms with Crippen LogP contribution in [0.1, 0.15) is 39.5 Å². The number of rotatable bonds is 2. The van der Waals surface area contributed by atoms with Crippen molar-refractivity contribution in [3.05, 3.63) is 30.1 Å². The highest BCUT2D eigenvalue weighted by Crippen LogP contribution is 2.41. The van der Waals surface area contributed by atoms with Crippen LogP contribution < -0.4 is 5.32 Å². The Labute approximate surface area is 108 Å². The summed E-state index contributed by atoms with van der Waals surface area (Å²) in [6.07, 6.45) is 3.51. The highest BCUT2D eigenvalue weighted by Gasteiger charge is 2.38. The van der Waals surface area contributed by atoms with Crippen LogP contribution in [0.15, 0.2) is 24.3 Å². The van der Waals surface area contributed by atoms with E-state index in [1.807, 2.05) is 0 Å². The lowest BCUT2D eigenvalue weighted by molar-refractivity contribution is 0.206. The van der Waals surface area contributed by atoms with Crippen molar-refractivity contribution in [3.8, 4) is 6.07 Å². The van der Waals surface area contributed by atoms with Gasteiger partial charge >= 0.3 is 0 Å². The first-order valence-corrected chi connectivity index (χ1v) is 6.40. The highest BCUT2D eigenvalue weighted by atomic mass is 19.1. The maximum atomic E-state index is 13.6. The second-order valence-electron chi connectivity index (χ2n) is 5.96. The predicted octanol–water partition coefficient (Wildman–Crippen LogP) is 4.10. The number of para-hydroxylation sites is 1. The fourth-order valence-corrected chi connectivity index (χ4v) is 2.44. The summed E-state index contributed by atoms with van der Waals surface area (Å²) >= 11 is 0. The zero-order valence-corrected chi connectivity index (χ0v) is 11.0. The third-order valence-electron chi connectivity index (χ3n) is 3.92. The molecule has 1 N–H and O–H groups in total. The number of halogens is 1. The number of nitriles is 1. The summed E-state index contributed by atoms with van der Waals surface area (Å²) in [5.41, 5.74) is 0.105. The number of hydrogen-bond donors (Lipinski definition) is 1. The molecular formula is C15H19FN2. The molecule has 1 aliphatic carbocycles. The zero-order valence-electron chi connectivity index (χ0n) is 11.0. The van der Waals surface area contributed by atoms with Crippen LogP contribution in [-0.4, -0.2) is 5.54 Å². The van der Waals surface area contributed by atoms with Crippen LogP contribution in [0.4, 0.5) is 10.1 Å². The van der Waals surface area contributed by atoms with Gasteiger partial charge in [-0.2, -0.15) is 5.26 Å². The normalized spacial score (nSPS) is 21.0. The average Bonchev–Trinajstić information content (AvgIpc) is 2.35. The number of hydrogen-bond acceptors (Lipinski definition) is 2. The zero-order chi connectivity index (χ0) is 13.2. The van der Waals surface area contributed by atoms with Gasteiger partial charge in [0.25, 0.3) is 0 Å². The van der Waals surface area contributed by atoms with Crippen molar-refractivity contribution in [1.82, 2.24) is 0 Å². The Kier molecular flexibility index (Phi) is 3.30. The van der Waals surface area contributed by atoms with Crippen LogP contribution in [0, 0.1) is 22.6 Å². The minimum atomic E-state index is -0.613. The Balaban J connectivity index is 2.16. The van der Waals surface area contributed by atoms with E-state index in [2.05, 4.69) is 25.2 Å². The Bertz CT molecular complexity index is 464. The van der Waals surface area contributed by atoms with Crippen LogP contribution in [0.25, 0.3) is 0 Å². The third-order valence-corrected chi connectivity index (χ3v) is 3.92. The molecule has 0 radical (unpaired) electrons. The molecule has 0 spiro atoms. The van der Waals surface area contributed by atoms with Gasteiger partial charge in [-0.15, -0.1) is 0 Å². The van der Waals surface area contributed by atoms with Gasteiger partial charge in [0.2, 0.25) is 0 Å². The second-order valence-corrected chi connectivity index (χ2v) is 5.96. The van der Waals surface area contributed by atoms with E-state index in [9.17, 15) is 9.65 Å². The Hall–Kier alpha value is -1.56. The molecular weight excluding hydrogens is 227 g/mol. The van der Waals surface area contributed by atoms with E-state index in [4.69, 9.17) is 0 Å². The third kappa shape index (κ3) is 2.64. The van der Waals surface area contributed by atoms with Crippen LogP contribution >= 0.6 is 0 Å². The lowest BCUT2D eigenvalue weighted by atomic mass is 9.70. The van der Waals surface area contributed by atoms with Gasteiger partial charge in [-0.05, 0) is 43.2 Å². The Morgan fingerprint density at radius 2 is 1.78 bits per heavy atom. The predicted molar refractivity (Wildman–Crippen MR) is 70.6 cm³/mol. The lowest BCUT2D eigenvalue weighted by Crippen LogP contribution is -2.42. The molecule has 0 bridgehead atoms. The number of benzene rings is 1. The highest BCUT2D eigenvalue weighted by molar-refractivity contribution is 5.49. The summed E-state index contributed by atoms with van der Waals surface area (Å²) in [7, 11) is 0. The molecule has 0 amide bonds. The smallest absolute Gasteiger partial charge is 0.146 e. The van der Waals surface area contributed by atoms with E-state index in [1.165, 1.54) is 6.07 Å². The summed E-state index contributed by atoms with van der Waals surface area (Å²) in [5, 5.41) is 12.5. The minimum Gasteiger partial charge on any atom is -0.365 e. The summed E-state index contributed by atoms with van der Waals surface area (Å²) in [5.74, 6) is -0.294. The minimum absolute atomic E-state index is 0.289. The van der Waals surface area contributed by atoms with E-state index in [0.29, 0.717) is 5.69 Å². The van der Waals surface area contributed by atoms with Crippen molar-refractivity contribution in [1.29, 1.82) is 5.26 Å². The average molecular weight is 246 g/mol. The molecule has 2 nitrogen and oxygen atoms in total. The molecule has 0 unspecified atom stereocenters. The van der Waals surface area contributed by atoms with Crippen molar-refractivity contribution in [2.45, 2.75) is 45.1 Å². The van der Waals surface area contributed by atoms with Crippen molar-refractivity contribution in [2.24, 2.45) is 5.41 Å².